The highest BCUT2D eigenvalue weighted by Crippen LogP contribution is 2.38. The summed E-state index contributed by atoms with van der Waals surface area (Å²) in [7, 11) is -0.967. The summed E-state index contributed by atoms with van der Waals surface area (Å²) in [5, 5.41) is 4.43. The van der Waals surface area contributed by atoms with Crippen LogP contribution in [0.15, 0.2) is 48.6 Å². The van der Waals surface area contributed by atoms with Crippen molar-refractivity contribution in [2.24, 2.45) is 0 Å². The van der Waals surface area contributed by atoms with E-state index >= 15 is 0 Å². The topological polar surface area (TPSA) is 49.2 Å². The van der Waals surface area contributed by atoms with Crippen LogP contribution in [0.3, 0.4) is 0 Å². The average molecular weight is 329 g/mol. The maximum Gasteiger partial charge on any atom is 0.524 e. The second kappa shape index (κ2) is 6.14. The molecule has 1 saturated heterocycles. The summed E-state index contributed by atoms with van der Waals surface area (Å²) in [5.74, 6) is 0. The van der Waals surface area contributed by atoms with Crippen molar-refractivity contribution in [1.29, 1.82) is 0 Å². The van der Waals surface area contributed by atoms with Crippen molar-refractivity contribution < 1.29 is 13.7 Å². The molecule has 0 aromatic carbocycles. The molecule has 7 heteroatoms. The Hall–Kier alpha value is -1.99. The molecule has 3 rings (SSSR count). The largest absolute Gasteiger partial charge is 0.524 e. The third kappa shape index (κ3) is 3.27. The van der Waals surface area contributed by atoms with Gasteiger partial charge in [-0.3, -0.25) is 9.67 Å². The lowest BCUT2D eigenvalue weighted by Crippen LogP contribution is -2.41. The van der Waals surface area contributed by atoms with E-state index in [1.54, 1.807) is 17.1 Å². The summed E-state index contributed by atoms with van der Waals surface area (Å²) in [6, 6.07) is 5.65. The number of hydrogen-bond acceptors (Lipinski definition) is 4. The molecule has 1 fully saturated rings. The maximum atomic E-state index is 14.4. The lowest BCUT2D eigenvalue weighted by Gasteiger charge is -2.32. The Kier molecular flexibility index (Phi) is 4.32. The van der Waals surface area contributed by atoms with Crippen LogP contribution in [-0.4, -0.2) is 33.1 Å². The fourth-order valence-corrected chi connectivity index (χ4v) is 2.37. The molecular formula is C17H21BFN3O2. The summed E-state index contributed by atoms with van der Waals surface area (Å²) in [5.41, 5.74) is 0.252. The summed E-state index contributed by atoms with van der Waals surface area (Å²) >= 11 is 0. The fourth-order valence-electron chi connectivity index (χ4n) is 2.37. The van der Waals surface area contributed by atoms with E-state index in [4.69, 9.17) is 9.31 Å². The Morgan fingerprint density at radius 3 is 2.42 bits per heavy atom. The van der Waals surface area contributed by atoms with Gasteiger partial charge in [-0.2, -0.15) is 5.10 Å². The molecule has 1 aliphatic rings. The zero-order chi connectivity index (χ0) is 17.4. The first-order valence-electron chi connectivity index (χ1n) is 7.93. The van der Waals surface area contributed by atoms with E-state index < -0.39 is 24.0 Å². The Morgan fingerprint density at radius 1 is 1.17 bits per heavy atom. The number of halogens is 1. The maximum absolute atomic E-state index is 14.4. The Bertz CT molecular complexity index is 727. The van der Waals surface area contributed by atoms with Crippen LogP contribution in [0, 0.1) is 0 Å². The molecule has 0 radical (unpaired) electrons. The quantitative estimate of drug-likeness (QED) is 0.807. The van der Waals surface area contributed by atoms with Crippen molar-refractivity contribution in [2.75, 3.05) is 0 Å². The molecule has 1 aliphatic heterocycles. The molecule has 0 saturated carbocycles. The van der Waals surface area contributed by atoms with Gasteiger partial charge in [0.15, 0.2) is 0 Å². The van der Waals surface area contributed by atoms with E-state index in [0.29, 0.717) is 6.54 Å². The normalized spacial score (nSPS) is 19.7. The number of nitrogens with zero attached hydrogens (tertiary/aromatic N) is 3. The summed E-state index contributed by atoms with van der Waals surface area (Å²) < 4.78 is 27.4. The SMILES string of the molecule is CC1(C)OB(C(F)=CCn2ccc(-c3ccncc3)n2)OC1(C)C. The van der Waals surface area contributed by atoms with E-state index in [9.17, 15) is 4.39 Å². The van der Waals surface area contributed by atoms with Gasteiger partial charge in [0, 0.05) is 24.2 Å². The van der Waals surface area contributed by atoms with Crippen molar-refractivity contribution >= 4 is 7.12 Å². The molecule has 126 valence electrons. The lowest BCUT2D eigenvalue weighted by atomic mass is 9.88. The van der Waals surface area contributed by atoms with E-state index in [-0.39, 0.29) is 0 Å². The highest BCUT2D eigenvalue weighted by Gasteiger charge is 2.52. The lowest BCUT2D eigenvalue weighted by molar-refractivity contribution is 0.00578. The van der Waals surface area contributed by atoms with Crippen molar-refractivity contribution in [3.05, 3.63) is 48.6 Å². The summed E-state index contributed by atoms with van der Waals surface area (Å²) in [6.45, 7) is 7.90. The molecule has 5 nitrogen and oxygen atoms in total. The molecular weight excluding hydrogens is 308 g/mol. The van der Waals surface area contributed by atoms with E-state index in [1.807, 2.05) is 52.1 Å². The van der Waals surface area contributed by atoms with Crippen LogP contribution in [0.2, 0.25) is 0 Å². The second-order valence-electron chi connectivity index (χ2n) is 6.84. The van der Waals surface area contributed by atoms with Gasteiger partial charge in [-0.15, -0.1) is 0 Å². The number of rotatable bonds is 4. The highest BCUT2D eigenvalue weighted by molar-refractivity contribution is 6.53. The van der Waals surface area contributed by atoms with Crippen molar-refractivity contribution in [3.63, 3.8) is 0 Å². The molecule has 0 unspecified atom stereocenters. The van der Waals surface area contributed by atoms with Crippen LogP contribution in [0.5, 0.6) is 0 Å². The average Bonchev–Trinajstić information content (AvgIpc) is 3.08. The van der Waals surface area contributed by atoms with Crippen LogP contribution in [-0.2, 0) is 15.9 Å². The smallest absolute Gasteiger partial charge is 0.398 e. The van der Waals surface area contributed by atoms with Crippen molar-refractivity contribution in [2.45, 2.75) is 45.4 Å². The minimum absolute atomic E-state index is 0.307. The molecule has 0 N–H and O–H groups in total. The van der Waals surface area contributed by atoms with Gasteiger partial charge in [0.05, 0.1) is 23.4 Å². The third-order valence-electron chi connectivity index (χ3n) is 4.57. The molecule has 0 atom stereocenters. The Labute approximate surface area is 141 Å². The zero-order valence-corrected chi connectivity index (χ0v) is 14.4. The standard InChI is InChI=1S/C17H21BFN3O2/c1-16(2)17(3,4)24-18(23-16)15(19)8-12-22-11-7-14(21-22)13-5-9-20-10-6-13/h5-11H,12H2,1-4H3. The zero-order valence-electron chi connectivity index (χ0n) is 14.4. The molecule has 2 aromatic rings. The highest BCUT2D eigenvalue weighted by atomic mass is 19.1. The van der Waals surface area contributed by atoms with Crippen LogP contribution in [0.4, 0.5) is 4.39 Å². The van der Waals surface area contributed by atoms with Gasteiger partial charge in [-0.1, -0.05) is 0 Å². The summed E-state index contributed by atoms with van der Waals surface area (Å²) in [6.07, 6.45) is 6.67. The van der Waals surface area contributed by atoms with Gasteiger partial charge in [0.25, 0.3) is 0 Å². The van der Waals surface area contributed by atoms with Crippen LogP contribution >= 0.6 is 0 Å². The molecule has 3 heterocycles. The molecule has 0 bridgehead atoms. The number of pyridine rings is 1. The minimum atomic E-state index is -0.967. The monoisotopic (exact) mass is 329 g/mol. The van der Waals surface area contributed by atoms with Crippen LogP contribution in [0.1, 0.15) is 27.7 Å². The molecule has 2 aromatic heterocycles. The molecule has 24 heavy (non-hydrogen) atoms. The summed E-state index contributed by atoms with van der Waals surface area (Å²) in [4.78, 5) is 3.98. The van der Waals surface area contributed by atoms with Gasteiger partial charge >= 0.3 is 7.12 Å². The minimum Gasteiger partial charge on any atom is -0.398 e. The van der Waals surface area contributed by atoms with Crippen LogP contribution < -0.4 is 0 Å². The van der Waals surface area contributed by atoms with Crippen LogP contribution in [0.25, 0.3) is 11.3 Å². The Morgan fingerprint density at radius 2 is 1.79 bits per heavy atom. The first-order chi connectivity index (χ1) is 11.3. The molecule has 0 spiro atoms. The van der Waals surface area contributed by atoms with E-state index in [1.165, 1.54) is 6.08 Å². The predicted octanol–water partition coefficient (Wildman–Crippen LogP) is 3.43. The van der Waals surface area contributed by atoms with Gasteiger partial charge in [-0.05, 0) is 52.0 Å². The van der Waals surface area contributed by atoms with E-state index in [0.717, 1.165) is 11.3 Å². The number of allylic oxidation sites excluding steroid dienone is 1. The predicted molar refractivity (Wildman–Crippen MR) is 90.7 cm³/mol. The Balaban J connectivity index is 1.67. The van der Waals surface area contributed by atoms with Gasteiger partial charge < -0.3 is 9.31 Å². The third-order valence-corrected chi connectivity index (χ3v) is 4.57. The van der Waals surface area contributed by atoms with E-state index in [2.05, 4.69) is 10.1 Å². The first-order valence-corrected chi connectivity index (χ1v) is 7.93. The molecule has 0 amide bonds. The van der Waals surface area contributed by atoms with Gasteiger partial charge in [0.1, 0.15) is 5.73 Å². The second-order valence-corrected chi connectivity index (χ2v) is 6.84. The first kappa shape index (κ1) is 16.9. The fraction of sp³-hybridized carbons (Fsp3) is 0.412. The number of aromatic nitrogens is 3. The van der Waals surface area contributed by atoms with Crippen molar-refractivity contribution in [1.82, 2.24) is 14.8 Å². The van der Waals surface area contributed by atoms with Gasteiger partial charge in [0.2, 0.25) is 0 Å². The van der Waals surface area contributed by atoms with Crippen molar-refractivity contribution in [3.8, 4) is 11.3 Å². The molecule has 0 aliphatic carbocycles. The number of hydrogen-bond donors (Lipinski definition) is 0. The van der Waals surface area contributed by atoms with Gasteiger partial charge in [-0.25, -0.2) is 4.39 Å².